The van der Waals surface area contributed by atoms with Crippen LogP contribution in [-0.4, -0.2) is 11.2 Å². The average molecular weight is 221 g/mol. The SMILES string of the molecule is CC(Cl)C(=O)c1cc(F)ccc1Cl. The summed E-state index contributed by atoms with van der Waals surface area (Å²) in [7, 11) is 0. The summed E-state index contributed by atoms with van der Waals surface area (Å²) >= 11 is 11.2. The molecular weight excluding hydrogens is 214 g/mol. The first-order valence-corrected chi connectivity index (χ1v) is 4.47. The maximum Gasteiger partial charge on any atom is 0.181 e. The number of Topliss-reactive ketones (excluding diaryl/α,β-unsaturated/α-hetero) is 1. The summed E-state index contributed by atoms with van der Waals surface area (Å²) in [6, 6.07) is 3.62. The van der Waals surface area contributed by atoms with Crippen LogP contribution >= 0.6 is 23.2 Å². The van der Waals surface area contributed by atoms with Gasteiger partial charge >= 0.3 is 0 Å². The van der Waals surface area contributed by atoms with E-state index in [0.717, 1.165) is 6.07 Å². The van der Waals surface area contributed by atoms with Crippen molar-refractivity contribution in [3.63, 3.8) is 0 Å². The van der Waals surface area contributed by atoms with E-state index in [4.69, 9.17) is 23.2 Å². The second kappa shape index (κ2) is 4.07. The molecule has 1 atom stereocenters. The van der Waals surface area contributed by atoms with Crippen LogP contribution in [0.1, 0.15) is 17.3 Å². The van der Waals surface area contributed by atoms with E-state index in [1.165, 1.54) is 19.1 Å². The van der Waals surface area contributed by atoms with Crippen molar-refractivity contribution < 1.29 is 9.18 Å². The minimum absolute atomic E-state index is 0.129. The molecular formula is C9H7Cl2FO. The Kier molecular flexibility index (Phi) is 3.28. The van der Waals surface area contributed by atoms with Crippen LogP contribution in [0, 0.1) is 5.82 Å². The minimum atomic E-state index is -0.695. The molecule has 0 aliphatic heterocycles. The Morgan fingerprint density at radius 3 is 2.69 bits per heavy atom. The Bertz CT molecular complexity index is 336. The number of halogens is 3. The van der Waals surface area contributed by atoms with Crippen molar-refractivity contribution in [2.45, 2.75) is 12.3 Å². The van der Waals surface area contributed by atoms with Gasteiger partial charge in [-0.2, -0.15) is 0 Å². The first-order valence-electron chi connectivity index (χ1n) is 3.65. The van der Waals surface area contributed by atoms with Gasteiger partial charge in [-0.15, -0.1) is 11.6 Å². The topological polar surface area (TPSA) is 17.1 Å². The van der Waals surface area contributed by atoms with E-state index in [-0.39, 0.29) is 16.4 Å². The summed E-state index contributed by atoms with van der Waals surface area (Å²) in [5.74, 6) is -0.865. The van der Waals surface area contributed by atoms with E-state index in [1.54, 1.807) is 0 Å². The molecule has 1 aromatic rings. The fourth-order valence-electron chi connectivity index (χ4n) is 0.901. The molecule has 1 unspecified atom stereocenters. The van der Waals surface area contributed by atoms with Crippen LogP contribution in [0.15, 0.2) is 18.2 Å². The molecule has 70 valence electrons. The number of carbonyl (C=O) groups is 1. The highest BCUT2D eigenvalue weighted by molar-refractivity contribution is 6.38. The predicted octanol–water partition coefficient (Wildman–Crippen LogP) is 3.29. The zero-order chi connectivity index (χ0) is 10.0. The molecule has 0 spiro atoms. The summed E-state index contributed by atoms with van der Waals surface area (Å²) in [6.45, 7) is 1.52. The van der Waals surface area contributed by atoms with Crippen molar-refractivity contribution in [3.05, 3.63) is 34.6 Å². The molecule has 0 saturated heterocycles. The van der Waals surface area contributed by atoms with Gasteiger partial charge in [-0.25, -0.2) is 4.39 Å². The zero-order valence-electron chi connectivity index (χ0n) is 6.85. The molecule has 4 heteroatoms. The van der Waals surface area contributed by atoms with Gasteiger partial charge in [0.25, 0.3) is 0 Å². The number of rotatable bonds is 2. The van der Waals surface area contributed by atoms with Crippen LogP contribution in [0.3, 0.4) is 0 Å². The third-order valence-corrected chi connectivity index (χ3v) is 2.08. The van der Waals surface area contributed by atoms with Crippen molar-refractivity contribution >= 4 is 29.0 Å². The fraction of sp³-hybridized carbons (Fsp3) is 0.222. The fourth-order valence-corrected chi connectivity index (χ4v) is 1.23. The van der Waals surface area contributed by atoms with Crippen LogP contribution in [0.25, 0.3) is 0 Å². The minimum Gasteiger partial charge on any atom is -0.292 e. The second-order valence-electron chi connectivity index (χ2n) is 2.60. The van der Waals surface area contributed by atoms with Gasteiger partial charge in [-0.05, 0) is 25.1 Å². The molecule has 0 aromatic heterocycles. The first-order chi connectivity index (χ1) is 6.02. The molecule has 1 aromatic carbocycles. The Morgan fingerprint density at radius 1 is 1.54 bits per heavy atom. The lowest BCUT2D eigenvalue weighted by molar-refractivity contribution is 0.0991. The quantitative estimate of drug-likeness (QED) is 0.553. The maximum atomic E-state index is 12.7. The molecule has 1 nitrogen and oxygen atoms in total. The van der Waals surface area contributed by atoms with E-state index in [1.807, 2.05) is 0 Å². The highest BCUT2D eigenvalue weighted by Gasteiger charge is 2.15. The predicted molar refractivity (Wildman–Crippen MR) is 51.1 cm³/mol. The highest BCUT2D eigenvalue weighted by atomic mass is 35.5. The number of benzene rings is 1. The van der Waals surface area contributed by atoms with Gasteiger partial charge in [0.2, 0.25) is 0 Å². The summed E-state index contributed by atoms with van der Waals surface area (Å²) < 4.78 is 12.7. The number of hydrogen-bond acceptors (Lipinski definition) is 1. The van der Waals surface area contributed by atoms with E-state index in [0.29, 0.717) is 0 Å². The molecule has 0 saturated carbocycles. The normalized spacial score (nSPS) is 12.6. The summed E-state index contributed by atoms with van der Waals surface area (Å²) in [5.41, 5.74) is 0.129. The van der Waals surface area contributed by atoms with Crippen LogP contribution in [0.2, 0.25) is 5.02 Å². The first kappa shape index (κ1) is 10.5. The van der Waals surface area contributed by atoms with E-state index < -0.39 is 11.2 Å². The third-order valence-electron chi connectivity index (χ3n) is 1.56. The van der Waals surface area contributed by atoms with Gasteiger partial charge < -0.3 is 0 Å². The van der Waals surface area contributed by atoms with Crippen molar-refractivity contribution in [2.75, 3.05) is 0 Å². The van der Waals surface area contributed by atoms with Crippen molar-refractivity contribution in [3.8, 4) is 0 Å². The van der Waals surface area contributed by atoms with Gasteiger partial charge in [-0.3, -0.25) is 4.79 Å². The summed E-state index contributed by atoms with van der Waals surface area (Å²) in [6.07, 6.45) is 0. The van der Waals surface area contributed by atoms with E-state index in [9.17, 15) is 9.18 Å². The van der Waals surface area contributed by atoms with Gasteiger partial charge in [0, 0.05) is 5.56 Å². The lowest BCUT2D eigenvalue weighted by atomic mass is 10.1. The molecule has 0 amide bonds. The molecule has 1 rings (SSSR count). The average Bonchev–Trinajstić information content (AvgIpc) is 2.08. The van der Waals surface area contributed by atoms with Gasteiger partial charge in [-0.1, -0.05) is 11.6 Å². The monoisotopic (exact) mass is 220 g/mol. The molecule has 0 heterocycles. The highest BCUT2D eigenvalue weighted by Crippen LogP contribution is 2.19. The number of alkyl halides is 1. The van der Waals surface area contributed by atoms with Crippen LogP contribution < -0.4 is 0 Å². The lowest BCUT2D eigenvalue weighted by Crippen LogP contribution is -2.11. The third kappa shape index (κ3) is 2.42. The second-order valence-corrected chi connectivity index (χ2v) is 3.67. The van der Waals surface area contributed by atoms with Gasteiger partial charge in [0.05, 0.1) is 10.4 Å². The van der Waals surface area contributed by atoms with Gasteiger partial charge in [0.1, 0.15) is 5.82 Å². The summed E-state index contributed by atoms with van der Waals surface area (Å²) in [4.78, 5) is 11.3. The van der Waals surface area contributed by atoms with Crippen LogP contribution in [-0.2, 0) is 0 Å². The Hall–Kier alpha value is -0.600. The molecule has 0 N–H and O–H groups in total. The number of carbonyl (C=O) groups excluding carboxylic acids is 1. The Balaban J connectivity index is 3.13. The Labute approximate surface area is 85.5 Å². The molecule has 0 aliphatic carbocycles. The molecule has 0 radical (unpaired) electrons. The smallest absolute Gasteiger partial charge is 0.181 e. The zero-order valence-corrected chi connectivity index (χ0v) is 8.36. The van der Waals surface area contributed by atoms with Crippen LogP contribution in [0.5, 0.6) is 0 Å². The largest absolute Gasteiger partial charge is 0.292 e. The lowest BCUT2D eigenvalue weighted by Gasteiger charge is -2.04. The van der Waals surface area contributed by atoms with Crippen molar-refractivity contribution in [1.29, 1.82) is 0 Å². The van der Waals surface area contributed by atoms with Crippen molar-refractivity contribution in [1.82, 2.24) is 0 Å². The maximum absolute atomic E-state index is 12.7. The van der Waals surface area contributed by atoms with E-state index in [2.05, 4.69) is 0 Å². The van der Waals surface area contributed by atoms with E-state index >= 15 is 0 Å². The molecule has 0 aliphatic rings. The molecule has 0 fully saturated rings. The van der Waals surface area contributed by atoms with Crippen molar-refractivity contribution in [2.24, 2.45) is 0 Å². The number of hydrogen-bond donors (Lipinski definition) is 0. The number of ketones is 1. The summed E-state index contributed by atoms with van der Waals surface area (Å²) in [5, 5.41) is -0.474. The van der Waals surface area contributed by atoms with Crippen LogP contribution in [0.4, 0.5) is 4.39 Å². The Morgan fingerprint density at radius 2 is 2.15 bits per heavy atom. The van der Waals surface area contributed by atoms with Gasteiger partial charge in [0.15, 0.2) is 5.78 Å². The molecule has 13 heavy (non-hydrogen) atoms. The standard InChI is InChI=1S/C9H7Cl2FO/c1-5(10)9(13)7-4-6(12)2-3-8(7)11/h2-5H,1H3. The molecule has 0 bridgehead atoms.